The van der Waals surface area contributed by atoms with E-state index in [0.29, 0.717) is 16.6 Å². The summed E-state index contributed by atoms with van der Waals surface area (Å²) in [4.78, 5) is 8.32. The summed E-state index contributed by atoms with van der Waals surface area (Å²) in [5.74, 6) is -1.87. The van der Waals surface area contributed by atoms with E-state index in [9.17, 15) is 8.42 Å². The standard InChI is InChI=1S/C23H21F2N5O2S/c24-18-10-14(11-19(25)21(18)29-33(31,32)16-8-2-1-3-9-16)17-12-30(15-6-4-5-7-15)23-20(17)22(26)27-13-28-23/h1-3,8-13,15,29H,4-7H2,(H2,26,27,28). The predicted octanol–water partition coefficient (Wildman–Crippen LogP) is 4.87. The van der Waals surface area contributed by atoms with Crippen molar-refractivity contribution in [3.05, 3.63) is 66.6 Å². The van der Waals surface area contributed by atoms with Gasteiger partial charge < -0.3 is 10.3 Å². The summed E-state index contributed by atoms with van der Waals surface area (Å²) >= 11 is 0. The molecule has 5 rings (SSSR count). The van der Waals surface area contributed by atoms with E-state index in [-0.39, 0.29) is 22.3 Å². The Morgan fingerprint density at radius 3 is 2.36 bits per heavy atom. The van der Waals surface area contributed by atoms with Crippen molar-refractivity contribution in [3.63, 3.8) is 0 Å². The van der Waals surface area contributed by atoms with Gasteiger partial charge in [0.05, 0.1) is 10.3 Å². The van der Waals surface area contributed by atoms with Crippen LogP contribution in [0.2, 0.25) is 0 Å². The first-order chi connectivity index (χ1) is 15.8. The normalized spacial score (nSPS) is 14.7. The topological polar surface area (TPSA) is 103 Å². The molecule has 0 unspecified atom stereocenters. The van der Waals surface area contributed by atoms with Crippen molar-refractivity contribution in [1.29, 1.82) is 0 Å². The number of benzene rings is 2. The lowest BCUT2D eigenvalue weighted by Gasteiger charge is -2.12. The van der Waals surface area contributed by atoms with Crippen LogP contribution in [0.15, 0.2) is 59.9 Å². The zero-order valence-corrected chi connectivity index (χ0v) is 18.3. The highest BCUT2D eigenvalue weighted by Crippen LogP contribution is 2.39. The Kier molecular flexibility index (Phi) is 5.24. The van der Waals surface area contributed by atoms with Crippen LogP contribution in [-0.4, -0.2) is 23.0 Å². The number of rotatable bonds is 5. The number of hydrogen-bond donors (Lipinski definition) is 2. The van der Waals surface area contributed by atoms with Crippen LogP contribution in [0.25, 0.3) is 22.2 Å². The molecule has 0 amide bonds. The first-order valence-corrected chi connectivity index (χ1v) is 12.0. The molecule has 0 bridgehead atoms. The number of sulfonamides is 1. The van der Waals surface area contributed by atoms with E-state index in [2.05, 4.69) is 9.97 Å². The van der Waals surface area contributed by atoms with Gasteiger partial charge in [0.1, 0.15) is 23.5 Å². The van der Waals surface area contributed by atoms with Crippen LogP contribution in [-0.2, 0) is 10.0 Å². The second-order valence-corrected chi connectivity index (χ2v) is 9.76. The Morgan fingerprint density at radius 1 is 1.03 bits per heavy atom. The van der Waals surface area contributed by atoms with E-state index in [4.69, 9.17) is 5.73 Å². The number of aromatic nitrogens is 3. The van der Waals surface area contributed by atoms with Crippen LogP contribution >= 0.6 is 0 Å². The quantitative estimate of drug-likeness (QED) is 0.434. The third-order valence-corrected chi connectivity index (χ3v) is 7.37. The molecule has 10 heteroatoms. The first kappa shape index (κ1) is 21.3. The number of nitrogens with zero attached hydrogens (tertiary/aromatic N) is 3. The molecule has 0 radical (unpaired) electrons. The van der Waals surface area contributed by atoms with Gasteiger partial charge in [-0.05, 0) is 42.7 Å². The van der Waals surface area contributed by atoms with Gasteiger partial charge in [-0.25, -0.2) is 27.2 Å². The average Bonchev–Trinajstić information content (AvgIpc) is 3.45. The summed E-state index contributed by atoms with van der Waals surface area (Å²) in [5, 5.41) is 0.515. The van der Waals surface area contributed by atoms with E-state index in [1.54, 1.807) is 12.3 Å². The van der Waals surface area contributed by atoms with Gasteiger partial charge in [-0.2, -0.15) is 0 Å². The number of nitrogens with two attached hydrogens (primary N) is 1. The summed E-state index contributed by atoms with van der Waals surface area (Å²) < 4.78 is 59.1. The number of halogens is 2. The summed E-state index contributed by atoms with van der Waals surface area (Å²) in [7, 11) is -4.16. The van der Waals surface area contributed by atoms with Gasteiger partial charge >= 0.3 is 0 Å². The fourth-order valence-electron chi connectivity index (χ4n) is 4.41. The van der Waals surface area contributed by atoms with Crippen LogP contribution in [0.4, 0.5) is 20.3 Å². The fourth-order valence-corrected chi connectivity index (χ4v) is 5.50. The van der Waals surface area contributed by atoms with E-state index < -0.39 is 27.3 Å². The van der Waals surface area contributed by atoms with Crippen molar-refractivity contribution >= 4 is 32.6 Å². The fraction of sp³-hybridized carbons (Fsp3) is 0.217. The summed E-state index contributed by atoms with van der Waals surface area (Å²) in [5.41, 5.74) is 6.69. The monoisotopic (exact) mass is 469 g/mol. The van der Waals surface area contributed by atoms with E-state index >= 15 is 8.78 Å². The molecule has 0 saturated heterocycles. The van der Waals surface area contributed by atoms with Crippen molar-refractivity contribution in [2.45, 2.75) is 36.6 Å². The van der Waals surface area contributed by atoms with Crippen molar-refractivity contribution in [3.8, 4) is 11.1 Å². The number of anilines is 2. The Hall–Kier alpha value is -3.53. The molecule has 170 valence electrons. The molecule has 4 aromatic rings. The molecule has 3 N–H and O–H groups in total. The number of nitrogens with one attached hydrogen (secondary N) is 1. The maximum absolute atomic E-state index is 15.0. The van der Waals surface area contributed by atoms with Crippen molar-refractivity contribution in [1.82, 2.24) is 14.5 Å². The van der Waals surface area contributed by atoms with Crippen molar-refractivity contribution in [2.24, 2.45) is 0 Å². The molecule has 0 atom stereocenters. The van der Waals surface area contributed by atoms with Crippen LogP contribution in [0.1, 0.15) is 31.7 Å². The molecule has 7 nitrogen and oxygen atoms in total. The van der Waals surface area contributed by atoms with E-state index in [0.717, 1.165) is 37.8 Å². The minimum Gasteiger partial charge on any atom is -0.383 e. The maximum atomic E-state index is 15.0. The molecule has 1 fully saturated rings. The Morgan fingerprint density at radius 2 is 1.70 bits per heavy atom. The molecule has 2 aromatic heterocycles. The number of fused-ring (bicyclic) bond motifs is 1. The van der Waals surface area contributed by atoms with Gasteiger partial charge in [0.2, 0.25) is 0 Å². The molecular weight excluding hydrogens is 448 g/mol. The molecule has 1 saturated carbocycles. The van der Waals surface area contributed by atoms with Gasteiger partial charge in [-0.15, -0.1) is 0 Å². The highest BCUT2D eigenvalue weighted by molar-refractivity contribution is 7.92. The predicted molar refractivity (Wildman–Crippen MR) is 122 cm³/mol. The smallest absolute Gasteiger partial charge is 0.262 e. The first-order valence-electron chi connectivity index (χ1n) is 10.5. The van der Waals surface area contributed by atoms with Crippen LogP contribution in [0.3, 0.4) is 0 Å². The van der Waals surface area contributed by atoms with Crippen LogP contribution in [0, 0.1) is 11.6 Å². The largest absolute Gasteiger partial charge is 0.383 e. The molecular formula is C23H21F2N5O2S. The average molecular weight is 470 g/mol. The third-order valence-electron chi connectivity index (χ3n) is 6.00. The minimum absolute atomic E-state index is 0.0996. The zero-order valence-electron chi connectivity index (χ0n) is 17.5. The highest BCUT2D eigenvalue weighted by Gasteiger charge is 2.25. The third kappa shape index (κ3) is 3.80. The van der Waals surface area contributed by atoms with Gasteiger partial charge in [-0.1, -0.05) is 31.0 Å². The lowest BCUT2D eigenvalue weighted by Crippen LogP contribution is -2.15. The second kappa shape index (κ2) is 8.11. The SMILES string of the molecule is Nc1ncnc2c1c(-c1cc(F)c(NS(=O)(=O)c3ccccc3)c(F)c1)cn2C1CCCC1. The Bertz CT molecular complexity index is 1430. The molecule has 2 aromatic carbocycles. The maximum Gasteiger partial charge on any atom is 0.262 e. The number of nitrogen functional groups attached to an aromatic ring is 1. The van der Waals surface area contributed by atoms with E-state index in [1.807, 2.05) is 9.29 Å². The molecule has 0 aliphatic heterocycles. The van der Waals surface area contributed by atoms with Crippen molar-refractivity contribution in [2.75, 3.05) is 10.5 Å². The van der Waals surface area contributed by atoms with E-state index in [1.165, 1.54) is 30.6 Å². The summed E-state index contributed by atoms with van der Waals surface area (Å²) in [6.45, 7) is 0. The van der Waals surface area contributed by atoms with Crippen LogP contribution in [0.5, 0.6) is 0 Å². The molecule has 2 heterocycles. The van der Waals surface area contributed by atoms with Gasteiger partial charge in [0.25, 0.3) is 10.0 Å². The molecule has 33 heavy (non-hydrogen) atoms. The minimum atomic E-state index is -4.16. The Labute approximate surface area is 189 Å². The Balaban J connectivity index is 1.59. The molecule has 0 spiro atoms. The lowest BCUT2D eigenvalue weighted by atomic mass is 10.1. The summed E-state index contributed by atoms with van der Waals surface area (Å²) in [6, 6.07) is 9.78. The number of hydrogen-bond acceptors (Lipinski definition) is 5. The second-order valence-electron chi connectivity index (χ2n) is 8.08. The zero-order chi connectivity index (χ0) is 23.2. The van der Waals surface area contributed by atoms with Gasteiger partial charge in [0, 0.05) is 17.8 Å². The molecule has 1 aliphatic carbocycles. The highest BCUT2D eigenvalue weighted by atomic mass is 32.2. The van der Waals surface area contributed by atoms with Crippen LogP contribution < -0.4 is 10.5 Å². The molecule has 1 aliphatic rings. The summed E-state index contributed by atoms with van der Waals surface area (Å²) in [6.07, 6.45) is 7.33. The van der Waals surface area contributed by atoms with Crippen molar-refractivity contribution < 1.29 is 17.2 Å². The van der Waals surface area contributed by atoms with Gasteiger partial charge in [-0.3, -0.25) is 4.72 Å². The lowest BCUT2D eigenvalue weighted by molar-refractivity contribution is 0.532. The van der Waals surface area contributed by atoms with Gasteiger partial charge in [0.15, 0.2) is 11.6 Å².